The summed E-state index contributed by atoms with van der Waals surface area (Å²) in [6, 6.07) is 45.5. The summed E-state index contributed by atoms with van der Waals surface area (Å²) in [7, 11) is 0. The molecule has 9 rings (SSSR count). The van der Waals surface area contributed by atoms with Crippen LogP contribution < -0.4 is 0 Å². The topological polar surface area (TPSA) is 0 Å². The van der Waals surface area contributed by atoms with Crippen molar-refractivity contribution in [1.29, 1.82) is 0 Å². The molecule has 0 bridgehead atoms. The van der Waals surface area contributed by atoms with Gasteiger partial charge in [0, 0.05) is 31.2 Å². The van der Waals surface area contributed by atoms with Gasteiger partial charge < -0.3 is 0 Å². The molecule has 0 N–H and O–H groups in total. The molecule has 0 saturated heterocycles. The quantitative estimate of drug-likeness (QED) is 0.178. The minimum absolute atomic E-state index is 0.0917. The maximum absolute atomic E-state index is 2.50. The second-order valence-corrected chi connectivity index (χ2v) is 14.1. The molecule has 1 aliphatic carbocycles. The van der Waals surface area contributed by atoms with Crippen LogP contribution in [0.1, 0.15) is 36.1 Å². The predicted octanol–water partition coefficient (Wildman–Crippen LogP) is 12.6. The van der Waals surface area contributed by atoms with E-state index < -0.39 is 0 Å². The molecule has 1 aliphatic rings. The summed E-state index contributed by atoms with van der Waals surface area (Å²) in [5.41, 5.74) is 13.5. The predicted molar refractivity (Wildman–Crippen MR) is 192 cm³/mol. The lowest BCUT2D eigenvalue weighted by molar-refractivity contribution is 0.661. The van der Waals surface area contributed by atoms with Crippen molar-refractivity contribution in [2.75, 3.05) is 0 Å². The van der Waals surface area contributed by atoms with E-state index in [-0.39, 0.29) is 5.41 Å². The molecular weight excluding hydrogens is 549 g/mol. The first-order chi connectivity index (χ1) is 21.4. The molecule has 1 aromatic heterocycles. The van der Waals surface area contributed by atoms with Gasteiger partial charge in [-0.05, 0) is 97.6 Å². The van der Waals surface area contributed by atoms with Crippen LogP contribution in [-0.2, 0) is 5.41 Å². The van der Waals surface area contributed by atoms with Crippen molar-refractivity contribution < 1.29 is 0 Å². The molecule has 0 fully saturated rings. The Morgan fingerprint density at radius 1 is 0.500 bits per heavy atom. The fourth-order valence-corrected chi connectivity index (χ4v) is 9.51. The zero-order chi connectivity index (χ0) is 29.7. The molecular formula is C43H32S. The standard InChI is InChI=1S/C43H32S/c1-25-22-26(2)38-34-20-21-35-41(42(34)44-37(38)23-25)33-19-18-28(24-36(33)43(35,3)4)40-31-16-10-8-14-29(31)39(27-12-6-5-7-13-27)30-15-9-11-17-32(30)40/h5-24H,1-4H3. The summed E-state index contributed by atoms with van der Waals surface area (Å²) in [4.78, 5) is 0. The highest BCUT2D eigenvalue weighted by Crippen LogP contribution is 2.55. The van der Waals surface area contributed by atoms with Crippen molar-refractivity contribution >= 4 is 53.1 Å². The van der Waals surface area contributed by atoms with E-state index in [4.69, 9.17) is 0 Å². The van der Waals surface area contributed by atoms with E-state index in [1.807, 2.05) is 11.3 Å². The lowest BCUT2D eigenvalue weighted by atomic mass is 9.80. The second kappa shape index (κ2) is 9.14. The molecule has 0 atom stereocenters. The normalized spacial score (nSPS) is 13.6. The molecule has 0 unspecified atom stereocenters. The number of thiophene rings is 1. The highest BCUT2D eigenvalue weighted by atomic mass is 32.1. The van der Waals surface area contributed by atoms with Crippen molar-refractivity contribution in [2.45, 2.75) is 33.1 Å². The van der Waals surface area contributed by atoms with Crippen LogP contribution >= 0.6 is 11.3 Å². The molecule has 210 valence electrons. The maximum Gasteiger partial charge on any atom is 0.0437 e. The van der Waals surface area contributed by atoms with E-state index >= 15 is 0 Å². The minimum atomic E-state index is -0.0917. The lowest BCUT2D eigenvalue weighted by Crippen LogP contribution is -2.15. The Balaban J connectivity index is 1.33. The Bertz CT molecular complexity index is 2420. The molecule has 1 heterocycles. The summed E-state index contributed by atoms with van der Waals surface area (Å²) in [5, 5.41) is 8.01. The van der Waals surface area contributed by atoms with Gasteiger partial charge in [0.25, 0.3) is 0 Å². The van der Waals surface area contributed by atoms with Crippen molar-refractivity contribution in [1.82, 2.24) is 0 Å². The van der Waals surface area contributed by atoms with E-state index in [9.17, 15) is 0 Å². The first-order valence-corrected chi connectivity index (χ1v) is 16.3. The summed E-state index contributed by atoms with van der Waals surface area (Å²) in [5.74, 6) is 0. The van der Waals surface area contributed by atoms with Crippen LogP contribution in [-0.4, -0.2) is 0 Å². The molecule has 0 spiro atoms. The van der Waals surface area contributed by atoms with Gasteiger partial charge in [0.05, 0.1) is 0 Å². The van der Waals surface area contributed by atoms with Gasteiger partial charge in [-0.1, -0.05) is 123 Å². The minimum Gasteiger partial charge on any atom is -0.135 e. The van der Waals surface area contributed by atoms with Crippen LogP contribution in [0, 0.1) is 13.8 Å². The second-order valence-electron chi connectivity index (χ2n) is 13.0. The van der Waals surface area contributed by atoms with Crippen LogP contribution in [0.2, 0.25) is 0 Å². The average Bonchev–Trinajstić information content (AvgIpc) is 3.52. The van der Waals surface area contributed by atoms with E-state index in [1.54, 1.807) is 0 Å². The third-order valence-electron chi connectivity index (χ3n) is 10.0. The zero-order valence-corrected chi connectivity index (χ0v) is 26.3. The molecule has 0 saturated carbocycles. The molecule has 44 heavy (non-hydrogen) atoms. The molecule has 8 aromatic rings. The molecule has 7 aromatic carbocycles. The van der Waals surface area contributed by atoms with Gasteiger partial charge in [-0.25, -0.2) is 0 Å². The third kappa shape index (κ3) is 3.45. The van der Waals surface area contributed by atoms with Gasteiger partial charge in [0.1, 0.15) is 0 Å². The molecule has 0 radical (unpaired) electrons. The number of aryl methyl sites for hydroxylation is 2. The van der Waals surface area contributed by atoms with Crippen LogP contribution in [0.25, 0.3) is 75.1 Å². The Kier molecular flexibility index (Phi) is 5.35. The first-order valence-electron chi connectivity index (χ1n) is 15.5. The fraction of sp³-hybridized carbons (Fsp3) is 0.116. The number of rotatable bonds is 2. The highest BCUT2D eigenvalue weighted by Gasteiger charge is 2.37. The Hall–Kier alpha value is -4.72. The molecule has 1 heteroatoms. The number of hydrogen-bond acceptors (Lipinski definition) is 1. The third-order valence-corrected chi connectivity index (χ3v) is 11.2. The van der Waals surface area contributed by atoms with Gasteiger partial charge in [-0.3, -0.25) is 0 Å². The average molecular weight is 581 g/mol. The van der Waals surface area contributed by atoms with Crippen molar-refractivity contribution in [2.24, 2.45) is 0 Å². The van der Waals surface area contributed by atoms with Crippen LogP contribution in [0.3, 0.4) is 0 Å². The molecule has 0 nitrogen and oxygen atoms in total. The van der Waals surface area contributed by atoms with Crippen molar-refractivity contribution in [3.05, 3.63) is 144 Å². The van der Waals surface area contributed by atoms with E-state index in [2.05, 4.69) is 149 Å². The lowest BCUT2D eigenvalue weighted by Gasteiger charge is -2.23. The van der Waals surface area contributed by atoms with Gasteiger partial charge >= 0.3 is 0 Å². The summed E-state index contributed by atoms with van der Waals surface area (Å²) in [6.45, 7) is 9.28. The number of benzene rings is 7. The van der Waals surface area contributed by atoms with Crippen LogP contribution in [0.5, 0.6) is 0 Å². The van der Waals surface area contributed by atoms with E-state index in [0.29, 0.717) is 0 Å². The summed E-state index contributed by atoms with van der Waals surface area (Å²) >= 11 is 1.96. The Morgan fingerprint density at radius 3 is 1.77 bits per heavy atom. The SMILES string of the molecule is Cc1cc(C)c2c(c1)sc1c3c(ccc12)C(C)(C)c1cc(-c2c4ccccc4c(-c4ccccc4)c4ccccc24)ccc1-3. The Labute approximate surface area is 262 Å². The monoisotopic (exact) mass is 580 g/mol. The van der Waals surface area contributed by atoms with Crippen LogP contribution in [0.15, 0.2) is 121 Å². The van der Waals surface area contributed by atoms with Crippen molar-refractivity contribution in [3.63, 3.8) is 0 Å². The number of fused-ring (bicyclic) bond motifs is 9. The summed E-state index contributed by atoms with van der Waals surface area (Å²) in [6.07, 6.45) is 0. The van der Waals surface area contributed by atoms with Crippen molar-refractivity contribution in [3.8, 4) is 33.4 Å². The largest absolute Gasteiger partial charge is 0.135 e. The number of hydrogen-bond donors (Lipinski definition) is 0. The van der Waals surface area contributed by atoms with Gasteiger partial charge in [-0.15, -0.1) is 11.3 Å². The van der Waals surface area contributed by atoms with Crippen LogP contribution in [0.4, 0.5) is 0 Å². The van der Waals surface area contributed by atoms with Gasteiger partial charge in [-0.2, -0.15) is 0 Å². The van der Waals surface area contributed by atoms with Gasteiger partial charge in [0.15, 0.2) is 0 Å². The molecule has 0 aliphatic heterocycles. The van der Waals surface area contributed by atoms with Gasteiger partial charge in [0.2, 0.25) is 0 Å². The van der Waals surface area contributed by atoms with E-state index in [0.717, 1.165) is 0 Å². The highest BCUT2D eigenvalue weighted by molar-refractivity contribution is 7.26. The maximum atomic E-state index is 2.50. The Morgan fingerprint density at radius 2 is 1.11 bits per heavy atom. The van der Waals surface area contributed by atoms with E-state index in [1.165, 1.54) is 97.4 Å². The smallest absolute Gasteiger partial charge is 0.0437 e. The zero-order valence-electron chi connectivity index (χ0n) is 25.5. The first kappa shape index (κ1) is 25.7. The summed E-state index contributed by atoms with van der Waals surface area (Å²) < 4.78 is 2.82. The molecule has 0 amide bonds. The fourth-order valence-electron chi connectivity index (χ4n) is 8.07.